The lowest BCUT2D eigenvalue weighted by Crippen LogP contribution is -2.43. The Kier molecular flexibility index (Phi) is 5.13. The van der Waals surface area contributed by atoms with Gasteiger partial charge in [0.25, 0.3) is 5.91 Å². The molecular weight excluding hydrogens is 332 g/mol. The van der Waals surface area contributed by atoms with Crippen LogP contribution in [0.2, 0.25) is 0 Å². The molecule has 0 aromatic carbocycles. The summed E-state index contributed by atoms with van der Waals surface area (Å²) in [6.07, 6.45) is 8.58. The average molecular weight is 356 g/mol. The van der Waals surface area contributed by atoms with Gasteiger partial charge < -0.3 is 9.64 Å². The van der Waals surface area contributed by atoms with Crippen LogP contribution >= 0.6 is 11.3 Å². The summed E-state index contributed by atoms with van der Waals surface area (Å²) < 4.78 is 6.03. The molecule has 1 atom stereocenters. The number of thiophene rings is 1. The van der Waals surface area contributed by atoms with E-state index in [0.717, 1.165) is 43.5 Å². The van der Waals surface area contributed by atoms with Gasteiger partial charge in [0.15, 0.2) is 0 Å². The van der Waals surface area contributed by atoms with Crippen molar-refractivity contribution in [3.8, 4) is 0 Å². The molecule has 1 fully saturated rings. The largest absolute Gasteiger partial charge is 0.370 e. The van der Waals surface area contributed by atoms with Gasteiger partial charge in [0, 0.05) is 29.5 Å². The molecule has 3 heterocycles. The predicted molar refractivity (Wildman–Crippen MR) is 98.9 cm³/mol. The molecule has 1 aliphatic carbocycles. The Morgan fingerprint density at radius 2 is 2.20 bits per heavy atom. The van der Waals surface area contributed by atoms with Gasteiger partial charge in [-0.25, -0.2) is 0 Å². The first-order chi connectivity index (χ1) is 12.3. The van der Waals surface area contributed by atoms with E-state index in [1.807, 2.05) is 23.1 Å². The fourth-order valence-corrected chi connectivity index (χ4v) is 4.91. The number of aryl methyl sites for hydroxylation is 1. The molecule has 0 N–H and O–H groups in total. The SMILES string of the molecule is O=C(c1csc2c1CCCC2)N1CCC[C@H](OCc2ccccn2)C1. The number of hydrogen-bond acceptors (Lipinski definition) is 4. The number of ether oxygens (including phenoxy) is 1. The quantitative estimate of drug-likeness (QED) is 0.836. The Hall–Kier alpha value is -1.72. The number of nitrogens with zero attached hydrogens (tertiary/aromatic N) is 2. The Morgan fingerprint density at radius 1 is 1.28 bits per heavy atom. The molecule has 1 saturated heterocycles. The van der Waals surface area contributed by atoms with E-state index < -0.39 is 0 Å². The predicted octanol–water partition coefficient (Wildman–Crippen LogP) is 3.84. The maximum atomic E-state index is 13.0. The molecule has 4 rings (SSSR count). The van der Waals surface area contributed by atoms with Gasteiger partial charge in [0.2, 0.25) is 0 Å². The Balaban J connectivity index is 1.39. The van der Waals surface area contributed by atoms with Crippen molar-refractivity contribution >= 4 is 17.2 Å². The second-order valence-corrected chi connectivity index (χ2v) is 7.87. The summed E-state index contributed by atoms with van der Waals surface area (Å²) in [7, 11) is 0. The number of hydrogen-bond donors (Lipinski definition) is 0. The van der Waals surface area contributed by atoms with Crippen LogP contribution in [-0.2, 0) is 24.2 Å². The maximum Gasteiger partial charge on any atom is 0.255 e. The lowest BCUT2D eigenvalue weighted by Gasteiger charge is -2.33. The molecule has 0 radical (unpaired) electrons. The van der Waals surface area contributed by atoms with E-state index in [2.05, 4.69) is 10.4 Å². The highest BCUT2D eigenvalue weighted by Gasteiger charge is 2.28. The number of carbonyl (C=O) groups is 1. The molecule has 1 amide bonds. The molecule has 1 aliphatic heterocycles. The van der Waals surface area contributed by atoms with E-state index >= 15 is 0 Å². The minimum atomic E-state index is 0.106. The summed E-state index contributed by atoms with van der Waals surface area (Å²) in [4.78, 5) is 20.7. The molecule has 25 heavy (non-hydrogen) atoms. The highest BCUT2D eigenvalue weighted by molar-refractivity contribution is 7.10. The minimum Gasteiger partial charge on any atom is -0.370 e. The second-order valence-electron chi connectivity index (χ2n) is 6.91. The topological polar surface area (TPSA) is 42.4 Å². The van der Waals surface area contributed by atoms with Crippen molar-refractivity contribution in [3.63, 3.8) is 0 Å². The summed E-state index contributed by atoms with van der Waals surface area (Å²) in [5, 5.41) is 2.08. The molecule has 5 heteroatoms. The average Bonchev–Trinajstić information content (AvgIpc) is 3.11. The van der Waals surface area contributed by atoms with Crippen LogP contribution < -0.4 is 0 Å². The molecule has 0 bridgehead atoms. The van der Waals surface area contributed by atoms with Crippen LogP contribution in [0.4, 0.5) is 0 Å². The van der Waals surface area contributed by atoms with Gasteiger partial charge in [0.1, 0.15) is 0 Å². The molecule has 0 saturated carbocycles. The zero-order valence-corrected chi connectivity index (χ0v) is 15.3. The maximum absolute atomic E-state index is 13.0. The van der Waals surface area contributed by atoms with E-state index in [-0.39, 0.29) is 12.0 Å². The molecule has 0 unspecified atom stereocenters. The van der Waals surface area contributed by atoms with Crippen LogP contribution in [0.15, 0.2) is 29.8 Å². The zero-order chi connectivity index (χ0) is 17.1. The first kappa shape index (κ1) is 16.7. The Labute approximate surface area is 152 Å². The summed E-state index contributed by atoms with van der Waals surface area (Å²) in [5.74, 6) is 0.200. The number of pyridine rings is 1. The van der Waals surface area contributed by atoms with E-state index in [9.17, 15) is 4.79 Å². The number of carbonyl (C=O) groups excluding carboxylic acids is 1. The molecule has 2 aromatic rings. The van der Waals surface area contributed by atoms with Crippen molar-refractivity contribution in [3.05, 3.63) is 51.5 Å². The number of rotatable bonds is 4. The van der Waals surface area contributed by atoms with Gasteiger partial charge in [-0.05, 0) is 56.2 Å². The van der Waals surface area contributed by atoms with Gasteiger partial charge >= 0.3 is 0 Å². The molecule has 2 aromatic heterocycles. The summed E-state index contributed by atoms with van der Waals surface area (Å²) >= 11 is 1.77. The van der Waals surface area contributed by atoms with Crippen LogP contribution in [0.25, 0.3) is 0 Å². The normalized spacial score (nSPS) is 20.3. The van der Waals surface area contributed by atoms with Gasteiger partial charge in [-0.1, -0.05) is 6.07 Å². The Morgan fingerprint density at radius 3 is 3.08 bits per heavy atom. The molecule has 0 spiro atoms. The number of aromatic nitrogens is 1. The summed E-state index contributed by atoms with van der Waals surface area (Å²) in [6, 6.07) is 5.86. The lowest BCUT2D eigenvalue weighted by molar-refractivity contribution is -0.00787. The van der Waals surface area contributed by atoms with Crippen molar-refractivity contribution in [2.75, 3.05) is 13.1 Å². The minimum absolute atomic E-state index is 0.106. The Bertz CT molecular complexity index is 729. The highest BCUT2D eigenvalue weighted by Crippen LogP contribution is 2.31. The van der Waals surface area contributed by atoms with Crippen molar-refractivity contribution in [2.24, 2.45) is 0 Å². The van der Waals surface area contributed by atoms with Crippen molar-refractivity contribution in [1.29, 1.82) is 0 Å². The zero-order valence-electron chi connectivity index (χ0n) is 14.4. The monoisotopic (exact) mass is 356 g/mol. The number of likely N-dealkylation sites (tertiary alicyclic amines) is 1. The number of amides is 1. The van der Waals surface area contributed by atoms with Crippen molar-refractivity contribution in [1.82, 2.24) is 9.88 Å². The molecule has 4 nitrogen and oxygen atoms in total. The van der Waals surface area contributed by atoms with E-state index in [4.69, 9.17) is 4.74 Å². The van der Waals surface area contributed by atoms with Crippen LogP contribution in [0.3, 0.4) is 0 Å². The fraction of sp³-hybridized carbons (Fsp3) is 0.500. The third-order valence-corrected chi connectivity index (χ3v) is 6.24. The number of piperidine rings is 1. The third kappa shape index (κ3) is 3.77. The number of fused-ring (bicyclic) bond motifs is 1. The molecule has 2 aliphatic rings. The highest BCUT2D eigenvalue weighted by atomic mass is 32.1. The van der Waals surface area contributed by atoms with E-state index in [0.29, 0.717) is 13.2 Å². The van der Waals surface area contributed by atoms with Crippen LogP contribution in [0, 0.1) is 0 Å². The first-order valence-corrected chi connectivity index (χ1v) is 10.1. The van der Waals surface area contributed by atoms with Gasteiger partial charge in [-0.3, -0.25) is 9.78 Å². The van der Waals surface area contributed by atoms with Gasteiger partial charge in [0.05, 0.1) is 24.0 Å². The standard InChI is InChI=1S/C20H24N2O2S/c23-20(18-14-25-19-9-2-1-8-17(18)19)22-11-5-7-16(12-22)24-13-15-6-3-4-10-21-15/h3-4,6,10,14,16H,1-2,5,7-9,11-13H2/t16-/m0/s1. The lowest BCUT2D eigenvalue weighted by atomic mass is 9.95. The second kappa shape index (κ2) is 7.67. The van der Waals surface area contributed by atoms with Crippen LogP contribution in [-0.4, -0.2) is 35.0 Å². The molecular formula is C20H24N2O2S. The van der Waals surface area contributed by atoms with Crippen molar-refractivity contribution < 1.29 is 9.53 Å². The van der Waals surface area contributed by atoms with Gasteiger partial charge in [-0.2, -0.15) is 0 Å². The summed E-state index contributed by atoms with van der Waals surface area (Å²) in [5.41, 5.74) is 3.21. The van der Waals surface area contributed by atoms with Crippen LogP contribution in [0.1, 0.15) is 52.2 Å². The third-order valence-electron chi connectivity index (χ3n) is 5.15. The van der Waals surface area contributed by atoms with Crippen molar-refractivity contribution in [2.45, 2.75) is 51.2 Å². The van der Waals surface area contributed by atoms with E-state index in [1.165, 1.54) is 23.3 Å². The smallest absolute Gasteiger partial charge is 0.255 e. The van der Waals surface area contributed by atoms with Gasteiger partial charge in [-0.15, -0.1) is 11.3 Å². The first-order valence-electron chi connectivity index (χ1n) is 9.21. The summed E-state index contributed by atoms with van der Waals surface area (Å²) in [6.45, 7) is 2.05. The van der Waals surface area contributed by atoms with E-state index in [1.54, 1.807) is 17.5 Å². The molecule has 132 valence electrons. The fourth-order valence-electron chi connectivity index (χ4n) is 3.79. The van der Waals surface area contributed by atoms with Crippen LogP contribution in [0.5, 0.6) is 0 Å².